The van der Waals surface area contributed by atoms with Crippen molar-refractivity contribution < 1.29 is 9.53 Å². The number of rotatable bonds is 4. The summed E-state index contributed by atoms with van der Waals surface area (Å²) in [6, 6.07) is 5.42. The standard InChI is InChI=1S/C16H25N3O2.2ClH/c1-12-4-5-13(17)10-14(12)15(20)18-11-16(19(2)3)6-8-21-9-7-16;;/h4-5,10H,6-9,11,17H2,1-3H3,(H,18,20);2*1H. The van der Waals surface area contributed by atoms with E-state index in [4.69, 9.17) is 10.5 Å². The van der Waals surface area contributed by atoms with Gasteiger partial charge in [-0.15, -0.1) is 24.8 Å². The van der Waals surface area contributed by atoms with Crippen molar-refractivity contribution in [2.45, 2.75) is 25.3 Å². The molecule has 1 amide bonds. The second kappa shape index (κ2) is 9.33. The summed E-state index contributed by atoms with van der Waals surface area (Å²) in [5.41, 5.74) is 7.94. The van der Waals surface area contributed by atoms with Crippen molar-refractivity contribution in [1.82, 2.24) is 10.2 Å². The maximum Gasteiger partial charge on any atom is 0.251 e. The Morgan fingerprint density at radius 3 is 2.48 bits per heavy atom. The van der Waals surface area contributed by atoms with Crippen LogP contribution in [0.1, 0.15) is 28.8 Å². The van der Waals surface area contributed by atoms with Crippen LogP contribution in [0.15, 0.2) is 18.2 Å². The lowest BCUT2D eigenvalue weighted by atomic mass is 9.88. The summed E-state index contributed by atoms with van der Waals surface area (Å²) in [5, 5.41) is 3.07. The summed E-state index contributed by atoms with van der Waals surface area (Å²) in [4.78, 5) is 14.6. The summed E-state index contributed by atoms with van der Waals surface area (Å²) in [5.74, 6) is -0.0625. The number of benzene rings is 1. The van der Waals surface area contributed by atoms with Gasteiger partial charge in [0.15, 0.2) is 0 Å². The first kappa shape index (κ1) is 22.0. The number of carbonyl (C=O) groups excluding carboxylic acids is 1. The molecule has 132 valence electrons. The highest BCUT2D eigenvalue weighted by Crippen LogP contribution is 2.25. The highest BCUT2D eigenvalue weighted by molar-refractivity contribution is 5.96. The van der Waals surface area contributed by atoms with Crippen molar-refractivity contribution in [2.24, 2.45) is 0 Å². The fourth-order valence-corrected chi connectivity index (χ4v) is 2.76. The lowest BCUT2D eigenvalue weighted by Gasteiger charge is -2.42. The second-order valence-electron chi connectivity index (χ2n) is 5.99. The molecular formula is C16H27Cl2N3O2. The van der Waals surface area contributed by atoms with Gasteiger partial charge >= 0.3 is 0 Å². The number of likely N-dealkylation sites (N-methyl/N-ethyl adjacent to an activating group) is 1. The van der Waals surface area contributed by atoms with Crippen molar-refractivity contribution in [3.05, 3.63) is 29.3 Å². The molecule has 1 fully saturated rings. The normalized spacial score (nSPS) is 16.2. The van der Waals surface area contributed by atoms with Crippen LogP contribution in [0.5, 0.6) is 0 Å². The van der Waals surface area contributed by atoms with Crippen LogP contribution in [0.3, 0.4) is 0 Å². The van der Waals surface area contributed by atoms with Gasteiger partial charge in [0.2, 0.25) is 0 Å². The van der Waals surface area contributed by atoms with E-state index >= 15 is 0 Å². The van der Waals surface area contributed by atoms with Crippen molar-refractivity contribution in [3.63, 3.8) is 0 Å². The van der Waals surface area contributed by atoms with Crippen LogP contribution in [-0.4, -0.2) is 50.2 Å². The van der Waals surface area contributed by atoms with Gasteiger partial charge in [-0.1, -0.05) is 6.07 Å². The van der Waals surface area contributed by atoms with E-state index in [1.165, 1.54) is 0 Å². The number of aryl methyl sites for hydroxylation is 1. The predicted octanol–water partition coefficient (Wildman–Crippen LogP) is 2.26. The number of amides is 1. The van der Waals surface area contributed by atoms with Crippen molar-refractivity contribution >= 4 is 36.4 Å². The number of nitrogens with zero attached hydrogens (tertiary/aromatic N) is 1. The van der Waals surface area contributed by atoms with Crippen molar-refractivity contribution in [1.29, 1.82) is 0 Å². The number of carbonyl (C=O) groups is 1. The highest BCUT2D eigenvalue weighted by atomic mass is 35.5. The Kier molecular flexibility index (Phi) is 8.92. The lowest BCUT2D eigenvalue weighted by Crippen LogP contribution is -2.55. The molecule has 5 nitrogen and oxygen atoms in total. The molecule has 1 aromatic carbocycles. The van der Waals surface area contributed by atoms with E-state index in [-0.39, 0.29) is 36.3 Å². The number of nitrogens with one attached hydrogen (secondary N) is 1. The van der Waals surface area contributed by atoms with Gasteiger partial charge in [0, 0.05) is 36.5 Å². The van der Waals surface area contributed by atoms with Gasteiger partial charge in [-0.3, -0.25) is 4.79 Å². The molecular weight excluding hydrogens is 337 g/mol. The third kappa shape index (κ3) is 5.24. The molecule has 1 aromatic rings. The molecule has 0 spiro atoms. The maximum absolute atomic E-state index is 12.4. The maximum atomic E-state index is 12.4. The molecule has 2 rings (SSSR count). The van der Waals surface area contributed by atoms with E-state index in [0.717, 1.165) is 31.6 Å². The van der Waals surface area contributed by atoms with Crippen LogP contribution in [0.4, 0.5) is 5.69 Å². The number of hydrogen-bond donors (Lipinski definition) is 2. The van der Waals surface area contributed by atoms with Gasteiger partial charge in [0.05, 0.1) is 0 Å². The summed E-state index contributed by atoms with van der Waals surface area (Å²) in [6.07, 6.45) is 1.85. The van der Waals surface area contributed by atoms with E-state index in [9.17, 15) is 4.79 Å². The van der Waals surface area contributed by atoms with Gasteiger partial charge < -0.3 is 20.7 Å². The Morgan fingerprint density at radius 1 is 1.30 bits per heavy atom. The van der Waals surface area contributed by atoms with Crippen LogP contribution < -0.4 is 11.1 Å². The lowest BCUT2D eigenvalue weighted by molar-refractivity contribution is -0.00658. The fraction of sp³-hybridized carbons (Fsp3) is 0.562. The average Bonchev–Trinajstić information content (AvgIpc) is 2.48. The molecule has 0 radical (unpaired) electrons. The zero-order valence-corrected chi connectivity index (χ0v) is 15.6. The highest BCUT2D eigenvalue weighted by Gasteiger charge is 2.35. The van der Waals surface area contributed by atoms with Crippen LogP contribution in [0.2, 0.25) is 0 Å². The molecule has 0 unspecified atom stereocenters. The minimum Gasteiger partial charge on any atom is -0.399 e. The molecule has 7 heteroatoms. The van der Waals surface area contributed by atoms with Crippen LogP contribution in [-0.2, 0) is 4.74 Å². The summed E-state index contributed by atoms with van der Waals surface area (Å²) < 4.78 is 5.45. The predicted molar refractivity (Wildman–Crippen MR) is 98.9 cm³/mol. The zero-order valence-electron chi connectivity index (χ0n) is 13.9. The number of hydrogen-bond acceptors (Lipinski definition) is 4. The second-order valence-corrected chi connectivity index (χ2v) is 5.99. The molecule has 23 heavy (non-hydrogen) atoms. The first-order valence-corrected chi connectivity index (χ1v) is 7.34. The largest absolute Gasteiger partial charge is 0.399 e. The molecule has 1 aliphatic rings. The molecule has 1 aliphatic heterocycles. The SMILES string of the molecule is Cc1ccc(N)cc1C(=O)NCC1(N(C)C)CCOCC1.Cl.Cl. The van der Waals surface area contributed by atoms with Crippen LogP contribution in [0, 0.1) is 6.92 Å². The van der Waals surface area contributed by atoms with Gasteiger partial charge in [-0.2, -0.15) is 0 Å². The number of halogens is 2. The zero-order chi connectivity index (χ0) is 15.5. The Bertz CT molecular complexity index is 518. The molecule has 1 saturated heterocycles. The molecule has 0 bridgehead atoms. The topological polar surface area (TPSA) is 67.6 Å². The summed E-state index contributed by atoms with van der Waals surface area (Å²) in [7, 11) is 4.12. The molecule has 0 atom stereocenters. The number of anilines is 1. The fourth-order valence-electron chi connectivity index (χ4n) is 2.76. The summed E-state index contributed by atoms with van der Waals surface area (Å²) >= 11 is 0. The van der Waals surface area contributed by atoms with Gasteiger partial charge in [-0.25, -0.2) is 0 Å². The van der Waals surface area contributed by atoms with E-state index in [1.54, 1.807) is 6.07 Å². The monoisotopic (exact) mass is 363 g/mol. The van der Waals surface area contributed by atoms with Gasteiger partial charge in [-0.05, 0) is 51.6 Å². The quantitative estimate of drug-likeness (QED) is 0.805. The number of nitrogens with two attached hydrogens (primary N) is 1. The Hall–Kier alpha value is -1.01. The van der Waals surface area contributed by atoms with E-state index < -0.39 is 0 Å². The Labute approximate surface area is 150 Å². The van der Waals surface area contributed by atoms with Gasteiger partial charge in [0.25, 0.3) is 5.91 Å². The van der Waals surface area contributed by atoms with E-state index in [1.807, 2.05) is 19.1 Å². The van der Waals surface area contributed by atoms with E-state index in [0.29, 0.717) is 17.8 Å². The summed E-state index contributed by atoms with van der Waals surface area (Å²) in [6.45, 7) is 4.03. The molecule has 0 saturated carbocycles. The first-order valence-electron chi connectivity index (χ1n) is 7.34. The van der Waals surface area contributed by atoms with E-state index in [2.05, 4.69) is 24.3 Å². The number of ether oxygens (including phenoxy) is 1. The van der Waals surface area contributed by atoms with Crippen LogP contribution in [0.25, 0.3) is 0 Å². The number of nitrogen functional groups attached to an aromatic ring is 1. The van der Waals surface area contributed by atoms with Crippen LogP contribution >= 0.6 is 24.8 Å². The minimum absolute atomic E-state index is 0. The molecule has 0 aliphatic carbocycles. The smallest absolute Gasteiger partial charge is 0.251 e. The van der Waals surface area contributed by atoms with Gasteiger partial charge in [0.1, 0.15) is 0 Å². The third-order valence-corrected chi connectivity index (χ3v) is 4.46. The van der Waals surface area contributed by atoms with Crippen molar-refractivity contribution in [2.75, 3.05) is 39.6 Å². The third-order valence-electron chi connectivity index (χ3n) is 4.46. The minimum atomic E-state index is -0.0625. The van der Waals surface area contributed by atoms with Crippen molar-refractivity contribution in [3.8, 4) is 0 Å². The Balaban J connectivity index is 0.00000242. The molecule has 0 aromatic heterocycles. The first-order chi connectivity index (χ1) is 9.94. The molecule has 1 heterocycles. The molecule has 3 N–H and O–H groups in total. The Morgan fingerprint density at radius 2 is 1.91 bits per heavy atom. The average molecular weight is 364 g/mol.